The SMILES string of the molecule is CCOc1cc(C=C(C#N)C(=O)C(C)(C)C)ccc1OCCCCCCCCCOc1ccc(C=C(C#N)C(=O)C(C)(C)C)cc1OCC. The maximum Gasteiger partial charge on any atom is 0.178 e. The highest BCUT2D eigenvalue weighted by atomic mass is 16.5. The van der Waals surface area contributed by atoms with Gasteiger partial charge in [-0.1, -0.05) is 85.8 Å². The highest BCUT2D eigenvalue weighted by Gasteiger charge is 2.26. The van der Waals surface area contributed by atoms with Crippen LogP contribution in [0, 0.1) is 33.5 Å². The highest BCUT2D eigenvalue weighted by molar-refractivity contribution is 6.06. The summed E-state index contributed by atoms with van der Waals surface area (Å²) in [5.41, 5.74) is 0.409. The molecule has 0 aromatic heterocycles. The lowest BCUT2D eigenvalue weighted by Crippen LogP contribution is -2.21. The van der Waals surface area contributed by atoms with E-state index >= 15 is 0 Å². The Morgan fingerprint density at radius 2 is 0.918 bits per heavy atom. The van der Waals surface area contributed by atoms with Crippen LogP contribution in [0.3, 0.4) is 0 Å². The van der Waals surface area contributed by atoms with Crippen molar-refractivity contribution in [2.45, 2.75) is 100 Å². The van der Waals surface area contributed by atoms with Gasteiger partial charge in [0.05, 0.1) is 37.6 Å². The van der Waals surface area contributed by atoms with Crippen molar-refractivity contribution in [1.29, 1.82) is 10.5 Å². The number of hydrogen-bond donors (Lipinski definition) is 0. The van der Waals surface area contributed by atoms with Crippen LogP contribution in [-0.4, -0.2) is 38.0 Å². The normalized spacial score (nSPS) is 12.1. The molecule has 0 heterocycles. The Kier molecular flexibility index (Phi) is 16.6. The van der Waals surface area contributed by atoms with Gasteiger partial charge in [-0.2, -0.15) is 10.5 Å². The first-order valence-electron chi connectivity index (χ1n) is 17.4. The summed E-state index contributed by atoms with van der Waals surface area (Å²) in [6.07, 6.45) is 10.6. The molecular formula is C41H54N2O6. The molecule has 0 bridgehead atoms. The second kappa shape index (κ2) is 20.1. The maximum absolute atomic E-state index is 12.6. The Hall–Kier alpha value is -4.56. The van der Waals surface area contributed by atoms with E-state index in [9.17, 15) is 20.1 Å². The van der Waals surface area contributed by atoms with Crippen molar-refractivity contribution < 1.29 is 28.5 Å². The molecule has 0 spiro atoms. The topological polar surface area (TPSA) is 119 Å². The van der Waals surface area contributed by atoms with Gasteiger partial charge in [-0.25, -0.2) is 0 Å². The molecular weight excluding hydrogens is 616 g/mol. The van der Waals surface area contributed by atoms with Crippen molar-refractivity contribution in [2.24, 2.45) is 10.8 Å². The van der Waals surface area contributed by atoms with Gasteiger partial charge in [0, 0.05) is 10.8 Å². The zero-order valence-electron chi connectivity index (χ0n) is 30.7. The predicted octanol–water partition coefficient (Wildman–Crippen LogP) is 9.72. The third kappa shape index (κ3) is 13.8. The average Bonchev–Trinajstić information content (AvgIpc) is 3.05. The molecule has 2 rings (SSSR count). The molecule has 264 valence electrons. The largest absolute Gasteiger partial charge is 0.490 e. The van der Waals surface area contributed by atoms with Crippen molar-refractivity contribution in [3.8, 4) is 35.1 Å². The van der Waals surface area contributed by atoms with E-state index in [-0.39, 0.29) is 22.7 Å². The number of Topliss-reactive ketones (excluding diaryl/α,β-unsaturated/α-hetero) is 2. The summed E-state index contributed by atoms with van der Waals surface area (Å²) in [4.78, 5) is 25.2. The first-order chi connectivity index (χ1) is 23.2. The zero-order valence-corrected chi connectivity index (χ0v) is 30.7. The van der Waals surface area contributed by atoms with E-state index in [2.05, 4.69) is 0 Å². The van der Waals surface area contributed by atoms with Crippen LogP contribution < -0.4 is 18.9 Å². The lowest BCUT2D eigenvalue weighted by Gasteiger charge is -2.16. The second-order valence-electron chi connectivity index (χ2n) is 13.9. The van der Waals surface area contributed by atoms with E-state index in [1.165, 1.54) is 0 Å². The Labute approximate surface area is 293 Å². The van der Waals surface area contributed by atoms with Gasteiger partial charge in [0.15, 0.2) is 34.6 Å². The number of unbranched alkanes of at least 4 members (excludes halogenated alkanes) is 6. The van der Waals surface area contributed by atoms with Crippen LogP contribution in [0.4, 0.5) is 0 Å². The third-order valence-corrected chi connectivity index (χ3v) is 7.55. The number of rotatable bonds is 20. The summed E-state index contributed by atoms with van der Waals surface area (Å²) in [6, 6.07) is 15.0. The third-order valence-electron chi connectivity index (χ3n) is 7.55. The molecule has 2 aromatic rings. The van der Waals surface area contributed by atoms with Crippen LogP contribution >= 0.6 is 0 Å². The van der Waals surface area contributed by atoms with Gasteiger partial charge in [0.2, 0.25) is 0 Å². The average molecular weight is 671 g/mol. The van der Waals surface area contributed by atoms with Crippen LogP contribution in [0.1, 0.15) is 111 Å². The number of benzene rings is 2. The molecule has 8 heteroatoms. The first kappa shape index (κ1) is 40.6. The van der Waals surface area contributed by atoms with E-state index in [4.69, 9.17) is 18.9 Å². The van der Waals surface area contributed by atoms with Crippen molar-refractivity contribution in [3.05, 3.63) is 58.7 Å². The van der Waals surface area contributed by atoms with Crippen LogP contribution in [0.25, 0.3) is 12.2 Å². The molecule has 0 unspecified atom stereocenters. The molecule has 0 saturated heterocycles. The minimum absolute atomic E-state index is 0.119. The van der Waals surface area contributed by atoms with Gasteiger partial charge >= 0.3 is 0 Å². The maximum atomic E-state index is 12.6. The fraction of sp³-hybridized carbons (Fsp3) is 0.512. The fourth-order valence-corrected chi connectivity index (χ4v) is 4.89. The van der Waals surface area contributed by atoms with Gasteiger partial charge in [-0.3, -0.25) is 9.59 Å². The van der Waals surface area contributed by atoms with Gasteiger partial charge < -0.3 is 18.9 Å². The minimum Gasteiger partial charge on any atom is -0.490 e. The molecule has 0 aliphatic carbocycles. The van der Waals surface area contributed by atoms with E-state index in [1.807, 2.05) is 62.4 Å². The van der Waals surface area contributed by atoms with Crippen LogP contribution in [0.15, 0.2) is 47.5 Å². The Morgan fingerprint density at radius 3 is 1.22 bits per heavy atom. The summed E-state index contributed by atoms with van der Waals surface area (Å²) in [7, 11) is 0. The van der Waals surface area contributed by atoms with E-state index in [0.29, 0.717) is 49.4 Å². The summed E-state index contributed by atoms with van der Waals surface area (Å²) >= 11 is 0. The summed E-state index contributed by atoms with van der Waals surface area (Å²) in [6.45, 7) is 16.7. The van der Waals surface area contributed by atoms with Gasteiger partial charge in [0.1, 0.15) is 12.1 Å². The molecule has 0 saturated carbocycles. The van der Waals surface area contributed by atoms with Crippen molar-refractivity contribution in [2.75, 3.05) is 26.4 Å². The number of allylic oxidation sites excluding steroid dienone is 2. The number of nitriles is 2. The van der Waals surface area contributed by atoms with E-state index in [1.54, 1.807) is 53.7 Å². The summed E-state index contributed by atoms with van der Waals surface area (Å²) in [5.74, 6) is 2.11. The predicted molar refractivity (Wildman–Crippen MR) is 195 cm³/mol. The quantitative estimate of drug-likeness (QED) is 0.0776. The molecule has 0 aliphatic heterocycles. The van der Waals surface area contributed by atoms with Crippen LogP contribution in [-0.2, 0) is 9.59 Å². The molecule has 0 aliphatic rings. The standard InChI is InChI=1S/C41H54N2O6/c1-9-46-36-26-30(24-32(28-42)38(44)40(3,4)5)18-20-34(36)48-22-16-14-12-11-13-15-17-23-49-35-21-19-31(27-37(35)47-10-2)25-33(29-43)39(45)41(6,7)8/h18-21,24-27H,9-17,22-23H2,1-8H3. The molecule has 2 aromatic carbocycles. The lowest BCUT2D eigenvalue weighted by molar-refractivity contribution is -0.122. The van der Waals surface area contributed by atoms with Crippen LogP contribution in [0.2, 0.25) is 0 Å². The molecule has 0 atom stereocenters. The van der Waals surface area contributed by atoms with Crippen LogP contribution in [0.5, 0.6) is 23.0 Å². The summed E-state index contributed by atoms with van der Waals surface area (Å²) in [5, 5.41) is 19.0. The van der Waals surface area contributed by atoms with Gasteiger partial charge in [0.25, 0.3) is 0 Å². The molecule has 8 nitrogen and oxygen atoms in total. The second-order valence-corrected chi connectivity index (χ2v) is 13.9. The first-order valence-corrected chi connectivity index (χ1v) is 17.4. The number of hydrogen-bond acceptors (Lipinski definition) is 8. The zero-order chi connectivity index (χ0) is 36.5. The molecule has 0 amide bonds. The Morgan fingerprint density at radius 1 is 0.571 bits per heavy atom. The molecule has 0 N–H and O–H groups in total. The smallest absolute Gasteiger partial charge is 0.178 e. The molecule has 0 fully saturated rings. The minimum atomic E-state index is -0.634. The lowest BCUT2D eigenvalue weighted by atomic mass is 9.86. The number of carbonyl (C=O) groups excluding carboxylic acids is 2. The van der Waals surface area contributed by atoms with E-state index in [0.717, 1.165) is 56.1 Å². The van der Waals surface area contributed by atoms with Crippen molar-refractivity contribution in [3.63, 3.8) is 0 Å². The van der Waals surface area contributed by atoms with Crippen molar-refractivity contribution >= 4 is 23.7 Å². The van der Waals surface area contributed by atoms with Gasteiger partial charge in [-0.05, 0) is 74.2 Å². The van der Waals surface area contributed by atoms with E-state index < -0.39 is 10.8 Å². The highest BCUT2D eigenvalue weighted by Crippen LogP contribution is 2.32. The van der Waals surface area contributed by atoms with Gasteiger partial charge in [-0.15, -0.1) is 0 Å². The fourth-order valence-electron chi connectivity index (χ4n) is 4.89. The Balaban J connectivity index is 1.76. The molecule has 49 heavy (non-hydrogen) atoms. The number of ether oxygens (including phenoxy) is 4. The number of nitrogens with zero attached hydrogens (tertiary/aromatic N) is 2. The monoisotopic (exact) mass is 670 g/mol. The Bertz CT molecular complexity index is 1430. The number of ketones is 2. The number of carbonyl (C=O) groups is 2. The molecule has 0 radical (unpaired) electrons. The summed E-state index contributed by atoms with van der Waals surface area (Å²) < 4.78 is 23.6. The van der Waals surface area contributed by atoms with Crippen molar-refractivity contribution in [1.82, 2.24) is 0 Å².